The molecule has 2 heterocycles. The summed E-state index contributed by atoms with van der Waals surface area (Å²) < 4.78 is 40.6. The van der Waals surface area contributed by atoms with Gasteiger partial charge in [-0.1, -0.05) is 30.3 Å². The first-order chi connectivity index (χ1) is 14.8. The van der Waals surface area contributed by atoms with Gasteiger partial charge in [0.1, 0.15) is 11.6 Å². The van der Waals surface area contributed by atoms with Crippen LogP contribution in [0.1, 0.15) is 17.5 Å². The van der Waals surface area contributed by atoms with Crippen molar-refractivity contribution < 1.29 is 22.7 Å². The predicted molar refractivity (Wildman–Crippen MR) is 112 cm³/mol. The van der Waals surface area contributed by atoms with Crippen molar-refractivity contribution in [2.75, 3.05) is 18.4 Å². The van der Waals surface area contributed by atoms with E-state index in [4.69, 9.17) is 0 Å². The fourth-order valence-electron chi connectivity index (χ4n) is 3.83. The summed E-state index contributed by atoms with van der Waals surface area (Å²) in [6.45, 7) is 3.23. The Labute approximate surface area is 177 Å². The number of rotatable bonds is 5. The number of benzene rings is 2. The first-order valence-corrected chi connectivity index (χ1v) is 10.0. The Balaban J connectivity index is 1.34. The first-order valence-electron chi connectivity index (χ1n) is 10.0. The Kier molecular flexibility index (Phi) is 5.71. The number of alkyl halides is 3. The lowest BCUT2D eigenvalue weighted by atomic mass is 10.1. The van der Waals surface area contributed by atoms with Crippen LogP contribution in [-0.4, -0.2) is 41.3 Å². The molecule has 1 aliphatic rings. The van der Waals surface area contributed by atoms with Crippen molar-refractivity contribution in [3.05, 3.63) is 65.7 Å². The molecule has 1 saturated heterocycles. The Hall–Kier alpha value is -3.29. The number of nitrogens with zero attached hydrogens (tertiary/aromatic N) is 2. The predicted octanol–water partition coefficient (Wildman–Crippen LogP) is 4.70. The second-order valence-corrected chi connectivity index (χ2v) is 7.68. The molecular formula is C23H22F3N3O2. The van der Waals surface area contributed by atoms with Crippen LogP contribution < -0.4 is 10.1 Å². The molecule has 162 valence electrons. The molecule has 0 spiro atoms. The number of aromatic nitrogens is 1. The van der Waals surface area contributed by atoms with E-state index in [0.29, 0.717) is 18.7 Å². The summed E-state index contributed by atoms with van der Waals surface area (Å²) in [6.07, 6.45) is -3.79. The first kappa shape index (κ1) is 21.0. The number of nitrogens with one attached hydrogen (secondary N) is 1. The minimum Gasteiger partial charge on any atom is -0.406 e. The molecule has 2 aromatic carbocycles. The summed E-state index contributed by atoms with van der Waals surface area (Å²) in [7, 11) is 0. The number of para-hydroxylation sites is 1. The van der Waals surface area contributed by atoms with Crippen LogP contribution in [-0.2, 0) is 11.2 Å². The number of hydrogen-bond acceptors (Lipinski definition) is 4. The molecule has 5 nitrogen and oxygen atoms in total. The van der Waals surface area contributed by atoms with Crippen molar-refractivity contribution in [2.45, 2.75) is 32.2 Å². The summed E-state index contributed by atoms with van der Waals surface area (Å²) in [6, 6.07) is 15.5. The van der Waals surface area contributed by atoms with Crippen molar-refractivity contribution in [1.29, 1.82) is 0 Å². The molecule has 1 unspecified atom stereocenters. The van der Waals surface area contributed by atoms with Crippen molar-refractivity contribution in [1.82, 2.24) is 9.88 Å². The van der Waals surface area contributed by atoms with Gasteiger partial charge in [-0.05, 0) is 48.7 Å². The zero-order valence-electron chi connectivity index (χ0n) is 16.9. The smallest absolute Gasteiger partial charge is 0.406 e. The molecule has 1 fully saturated rings. The van der Waals surface area contributed by atoms with E-state index in [1.165, 1.54) is 24.3 Å². The van der Waals surface area contributed by atoms with Gasteiger partial charge in [-0.15, -0.1) is 13.2 Å². The quantitative estimate of drug-likeness (QED) is 0.639. The maximum absolute atomic E-state index is 12.6. The van der Waals surface area contributed by atoms with E-state index < -0.39 is 6.36 Å². The molecule has 0 bridgehead atoms. The van der Waals surface area contributed by atoms with Gasteiger partial charge in [-0.3, -0.25) is 4.79 Å². The Morgan fingerprint density at radius 1 is 1.19 bits per heavy atom. The van der Waals surface area contributed by atoms with E-state index in [0.717, 1.165) is 28.7 Å². The van der Waals surface area contributed by atoms with Crippen molar-refractivity contribution in [2.24, 2.45) is 0 Å². The normalized spacial score (nSPS) is 16.5. The number of anilines is 1. The molecule has 4 rings (SSSR count). The summed E-state index contributed by atoms with van der Waals surface area (Å²) in [5, 5.41) is 4.54. The van der Waals surface area contributed by atoms with E-state index >= 15 is 0 Å². The lowest BCUT2D eigenvalue weighted by molar-refractivity contribution is -0.274. The van der Waals surface area contributed by atoms with Gasteiger partial charge in [-0.25, -0.2) is 4.98 Å². The Morgan fingerprint density at radius 3 is 2.68 bits per heavy atom. The van der Waals surface area contributed by atoms with E-state index in [2.05, 4.69) is 15.0 Å². The number of pyridine rings is 1. The number of hydrogen-bond donors (Lipinski definition) is 1. The molecule has 3 aromatic rings. The van der Waals surface area contributed by atoms with Crippen LogP contribution in [0.25, 0.3) is 10.9 Å². The van der Waals surface area contributed by atoms with E-state index in [-0.39, 0.29) is 24.1 Å². The summed E-state index contributed by atoms with van der Waals surface area (Å²) in [5.74, 6) is 0.430. The second kappa shape index (κ2) is 8.45. The molecule has 1 amide bonds. The summed E-state index contributed by atoms with van der Waals surface area (Å²) in [4.78, 5) is 19.1. The van der Waals surface area contributed by atoms with Gasteiger partial charge >= 0.3 is 6.36 Å². The maximum atomic E-state index is 12.6. The highest BCUT2D eigenvalue weighted by molar-refractivity contribution is 5.83. The number of carbonyl (C=O) groups excluding carboxylic acids is 1. The number of amides is 1. The van der Waals surface area contributed by atoms with Crippen LogP contribution in [0.4, 0.5) is 19.0 Å². The highest BCUT2D eigenvalue weighted by Gasteiger charge is 2.31. The zero-order chi connectivity index (χ0) is 22.0. The number of halogens is 3. The molecule has 0 radical (unpaired) electrons. The van der Waals surface area contributed by atoms with Crippen molar-refractivity contribution in [3.63, 3.8) is 0 Å². The number of carbonyl (C=O) groups is 1. The van der Waals surface area contributed by atoms with Gasteiger partial charge in [0, 0.05) is 24.5 Å². The standard InChI is InChI=1S/C23H22F3N3O2/c1-15-12-21(28-20-5-3-2-4-19(15)20)27-17-10-11-29(14-17)22(30)13-16-6-8-18(9-7-16)31-23(24,25)26/h2-9,12,17H,10-11,13-14H2,1H3,(H,27,28). The van der Waals surface area contributed by atoms with Crippen molar-refractivity contribution >= 4 is 22.6 Å². The van der Waals surface area contributed by atoms with Gasteiger partial charge in [0.05, 0.1) is 11.9 Å². The highest BCUT2D eigenvalue weighted by Crippen LogP contribution is 2.24. The third kappa shape index (κ3) is 5.25. The molecule has 1 atom stereocenters. The number of ether oxygens (including phenoxy) is 1. The van der Waals surface area contributed by atoms with Crippen LogP contribution in [0.2, 0.25) is 0 Å². The molecule has 31 heavy (non-hydrogen) atoms. The zero-order valence-corrected chi connectivity index (χ0v) is 16.9. The minimum absolute atomic E-state index is 0.0589. The maximum Gasteiger partial charge on any atom is 0.573 e. The largest absolute Gasteiger partial charge is 0.573 e. The van der Waals surface area contributed by atoms with Crippen LogP contribution in [0.15, 0.2) is 54.6 Å². The third-order valence-corrected chi connectivity index (χ3v) is 5.33. The van der Waals surface area contributed by atoms with E-state index in [1.807, 2.05) is 37.3 Å². The van der Waals surface area contributed by atoms with Crippen molar-refractivity contribution in [3.8, 4) is 5.75 Å². The van der Waals surface area contributed by atoms with Crippen LogP contribution >= 0.6 is 0 Å². The molecule has 8 heteroatoms. The highest BCUT2D eigenvalue weighted by atomic mass is 19.4. The number of aryl methyl sites for hydroxylation is 1. The second-order valence-electron chi connectivity index (χ2n) is 7.68. The number of fused-ring (bicyclic) bond motifs is 1. The fraction of sp³-hybridized carbons (Fsp3) is 0.304. The SMILES string of the molecule is Cc1cc(NC2CCN(C(=O)Cc3ccc(OC(F)(F)F)cc3)C2)nc2ccccc12. The molecule has 1 N–H and O–H groups in total. The van der Waals surface area contributed by atoms with E-state index in [1.54, 1.807) is 4.90 Å². The fourth-order valence-corrected chi connectivity index (χ4v) is 3.83. The average Bonchev–Trinajstić information content (AvgIpc) is 3.17. The van der Waals surface area contributed by atoms with Crippen LogP contribution in [0, 0.1) is 6.92 Å². The monoisotopic (exact) mass is 429 g/mol. The average molecular weight is 429 g/mol. The van der Waals surface area contributed by atoms with Gasteiger partial charge in [0.15, 0.2) is 0 Å². The van der Waals surface area contributed by atoms with Gasteiger partial charge < -0.3 is 15.0 Å². The van der Waals surface area contributed by atoms with Crippen LogP contribution in [0.3, 0.4) is 0 Å². The lowest BCUT2D eigenvalue weighted by Gasteiger charge is -2.18. The minimum atomic E-state index is -4.73. The topological polar surface area (TPSA) is 54.5 Å². The van der Waals surface area contributed by atoms with Gasteiger partial charge in [-0.2, -0.15) is 0 Å². The summed E-state index contributed by atoms with van der Waals surface area (Å²) in [5.41, 5.74) is 2.70. The lowest BCUT2D eigenvalue weighted by Crippen LogP contribution is -2.32. The van der Waals surface area contributed by atoms with Gasteiger partial charge in [0.25, 0.3) is 0 Å². The Bertz CT molecular complexity index is 1080. The molecule has 1 aromatic heterocycles. The van der Waals surface area contributed by atoms with E-state index in [9.17, 15) is 18.0 Å². The third-order valence-electron chi connectivity index (χ3n) is 5.33. The molecule has 0 saturated carbocycles. The van der Waals surface area contributed by atoms with Gasteiger partial charge in [0.2, 0.25) is 5.91 Å². The molecule has 0 aliphatic carbocycles. The Morgan fingerprint density at radius 2 is 1.94 bits per heavy atom. The van der Waals surface area contributed by atoms with Crippen LogP contribution in [0.5, 0.6) is 5.75 Å². The number of likely N-dealkylation sites (tertiary alicyclic amines) is 1. The summed E-state index contributed by atoms with van der Waals surface area (Å²) >= 11 is 0. The molecular weight excluding hydrogens is 407 g/mol. The molecule has 1 aliphatic heterocycles.